The summed E-state index contributed by atoms with van der Waals surface area (Å²) in [6.45, 7) is 0.434. The molecule has 0 saturated heterocycles. The van der Waals surface area contributed by atoms with Crippen molar-refractivity contribution in [3.63, 3.8) is 0 Å². The average Bonchev–Trinajstić information content (AvgIpc) is 2.88. The number of nitrogens with one attached hydrogen (secondary N) is 2. The molecule has 1 saturated carbocycles. The van der Waals surface area contributed by atoms with Gasteiger partial charge in [-0.05, 0) is 42.5 Å². The third-order valence-corrected chi connectivity index (χ3v) is 4.38. The highest BCUT2D eigenvalue weighted by Gasteiger charge is 2.39. The highest BCUT2D eigenvalue weighted by Crippen LogP contribution is 2.43. The van der Waals surface area contributed by atoms with Crippen LogP contribution in [0.4, 0.5) is 0 Å². The van der Waals surface area contributed by atoms with Crippen LogP contribution in [0.1, 0.15) is 36.0 Å². The van der Waals surface area contributed by atoms with Gasteiger partial charge in [0.25, 0.3) is 5.91 Å². The number of carbonyl (C=O) groups is 2. The lowest BCUT2D eigenvalue weighted by Crippen LogP contribution is -2.43. The summed E-state index contributed by atoms with van der Waals surface area (Å²) in [5.74, 6) is -0.938. The number of aliphatic carboxylic acids is 1. The van der Waals surface area contributed by atoms with Gasteiger partial charge in [0, 0.05) is 29.2 Å². The van der Waals surface area contributed by atoms with Crippen LogP contribution in [-0.2, 0) is 4.79 Å². The van der Waals surface area contributed by atoms with Gasteiger partial charge in [0.15, 0.2) is 0 Å². The van der Waals surface area contributed by atoms with E-state index in [9.17, 15) is 9.59 Å². The minimum absolute atomic E-state index is 0.129. The van der Waals surface area contributed by atoms with Crippen molar-refractivity contribution in [2.75, 3.05) is 6.54 Å². The molecule has 0 radical (unpaired) electrons. The van der Waals surface area contributed by atoms with Crippen molar-refractivity contribution in [1.82, 2.24) is 10.3 Å². The number of rotatable bonds is 5. The zero-order chi connectivity index (χ0) is 14.9. The Morgan fingerprint density at radius 3 is 2.76 bits per heavy atom. The normalized spacial score (nSPS) is 16.4. The summed E-state index contributed by atoms with van der Waals surface area (Å²) >= 11 is 0. The van der Waals surface area contributed by atoms with E-state index >= 15 is 0 Å². The van der Waals surface area contributed by atoms with Crippen molar-refractivity contribution in [3.05, 3.63) is 36.0 Å². The Morgan fingerprint density at radius 2 is 2.10 bits per heavy atom. The number of aromatic amines is 1. The number of carboxylic acid groups (broad SMARTS) is 1. The molecule has 5 heteroatoms. The van der Waals surface area contributed by atoms with Gasteiger partial charge in [-0.2, -0.15) is 0 Å². The fourth-order valence-corrected chi connectivity index (χ4v) is 2.98. The van der Waals surface area contributed by atoms with Crippen molar-refractivity contribution < 1.29 is 14.7 Å². The predicted octanol–water partition coefficient (Wildman–Crippen LogP) is 2.54. The van der Waals surface area contributed by atoms with Gasteiger partial charge < -0.3 is 15.4 Å². The molecule has 1 aliphatic carbocycles. The molecule has 0 bridgehead atoms. The van der Waals surface area contributed by atoms with E-state index in [1.165, 1.54) is 0 Å². The molecule has 0 unspecified atom stereocenters. The summed E-state index contributed by atoms with van der Waals surface area (Å²) in [5, 5.41) is 12.9. The molecule has 3 N–H and O–H groups in total. The topological polar surface area (TPSA) is 82.2 Å². The summed E-state index contributed by atoms with van der Waals surface area (Å²) in [6, 6.07) is 7.41. The lowest BCUT2D eigenvalue weighted by Gasteiger charge is -2.40. The summed E-state index contributed by atoms with van der Waals surface area (Å²) in [5.41, 5.74) is 1.35. The minimum atomic E-state index is -0.794. The van der Waals surface area contributed by atoms with Gasteiger partial charge in [-0.1, -0.05) is 6.42 Å². The van der Waals surface area contributed by atoms with Gasteiger partial charge in [-0.15, -0.1) is 0 Å². The molecule has 110 valence electrons. The van der Waals surface area contributed by atoms with Crippen molar-refractivity contribution in [1.29, 1.82) is 0 Å². The first-order valence-corrected chi connectivity index (χ1v) is 7.15. The molecule has 1 fully saturated rings. The van der Waals surface area contributed by atoms with Crippen LogP contribution in [0.3, 0.4) is 0 Å². The summed E-state index contributed by atoms with van der Waals surface area (Å²) in [7, 11) is 0. The van der Waals surface area contributed by atoms with Gasteiger partial charge in [-0.3, -0.25) is 9.59 Å². The first-order valence-electron chi connectivity index (χ1n) is 7.15. The predicted molar refractivity (Wildman–Crippen MR) is 79.2 cm³/mol. The van der Waals surface area contributed by atoms with Gasteiger partial charge in [0.2, 0.25) is 0 Å². The van der Waals surface area contributed by atoms with Crippen LogP contribution in [0.5, 0.6) is 0 Å². The monoisotopic (exact) mass is 286 g/mol. The Kier molecular flexibility index (Phi) is 3.41. The molecule has 3 rings (SSSR count). The second-order valence-electron chi connectivity index (χ2n) is 5.89. The third kappa shape index (κ3) is 2.77. The molecule has 0 atom stereocenters. The van der Waals surface area contributed by atoms with Crippen LogP contribution >= 0.6 is 0 Å². The van der Waals surface area contributed by atoms with E-state index < -0.39 is 5.97 Å². The SMILES string of the molecule is O=C(O)CC1(CNC(=O)c2ccc3[nH]ccc3c2)CCC1. The van der Waals surface area contributed by atoms with E-state index in [1.54, 1.807) is 6.07 Å². The lowest BCUT2D eigenvalue weighted by molar-refractivity contribution is -0.141. The first-order chi connectivity index (χ1) is 10.1. The second kappa shape index (κ2) is 5.24. The van der Waals surface area contributed by atoms with E-state index in [4.69, 9.17) is 5.11 Å². The third-order valence-electron chi connectivity index (χ3n) is 4.38. The Morgan fingerprint density at radius 1 is 1.29 bits per heavy atom. The average molecular weight is 286 g/mol. The van der Waals surface area contributed by atoms with Crippen molar-refractivity contribution in [3.8, 4) is 0 Å². The zero-order valence-electron chi connectivity index (χ0n) is 11.7. The Hall–Kier alpha value is -2.30. The Balaban J connectivity index is 1.66. The van der Waals surface area contributed by atoms with Crippen molar-refractivity contribution >= 4 is 22.8 Å². The lowest BCUT2D eigenvalue weighted by atomic mass is 9.66. The number of benzene rings is 1. The van der Waals surface area contributed by atoms with Crippen LogP contribution in [0.2, 0.25) is 0 Å². The maximum atomic E-state index is 12.2. The molecule has 1 aromatic carbocycles. The number of hydrogen-bond donors (Lipinski definition) is 3. The summed E-state index contributed by atoms with van der Waals surface area (Å²) < 4.78 is 0. The smallest absolute Gasteiger partial charge is 0.303 e. The molecule has 1 amide bonds. The Labute approximate surface area is 122 Å². The highest BCUT2D eigenvalue weighted by molar-refractivity contribution is 5.98. The summed E-state index contributed by atoms with van der Waals surface area (Å²) in [4.78, 5) is 26.2. The van der Waals surface area contributed by atoms with E-state index in [1.807, 2.05) is 24.4 Å². The van der Waals surface area contributed by atoms with E-state index in [-0.39, 0.29) is 17.7 Å². The zero-order valence-corrected chi connectivity index (χ0v) is 11.7. The van der Waals surface area contributed by atoms with Gasteiger partial charge in [-0.25, -0.2) is 0 Å². The molecule has 5 nitrogen and oxygen atoms in total. The molecule has 0 aliphatic heterocycles. The minimum Gasteiger partial charge on any atom is -0.481 e. The Bertz CT molecular complexity index is 686. The van der Waals surface area contributed by atoms with Crippen molar-refractivity contribution in [2.24, 2.45) is 5.41 Å². The molecule has 2 aromatic rings. The van der Waals surface area contributed by atoms with Gasteiger partial charge >= 0.3 is 5.97 Å². The molecule has 21 heavy (non-hydrogen) atoms. The van der Waals surface area contributed by atoms with E-state index in [2.05, 4.69) is 10.3 Å². The maximum absolute atomic E-state index is 12.2. The van der Waals surface area contributed by atoms with Crippen LogP contribution in [0.25, 0.3) is 10.9 Å². The van der Waals surface area contributed by atoms with Crippen LogP contribution in [-0.4, -0.2) is 28.5 Å². The van der Waals surface area contributed by atoms with Crippen LogP contribution < -0.4 is 5.32 Å². The molecule has 1 aliphatic rings. The van der Waals surface area contributed by atoms with E-state index in [0.29, 0.717) is 12.1 Å². The quantitative estimate of drug-likeness (QED) is 0.790. The second-order valence-corrected chi connectivity index (χ2v) is 5.89. The fraction of sp³-hybridized carbons (Fsp3) is 0.375. The molecular formula is C16H18N2O3. The van der Waals surface area contributed by atoms with Gasteiger partial charge in [0.1, 0.15) is 0 Å². The largest absolute Gasteiger partial charge is 0.481 e. The summed E-state index contributed by atoms with van der Waals surface area (Å²) in [6.07, 6.45) is 4.75. The number of aromatic nitrogens is 1. The fourth-order valence-electron chi connectivity index (χ4n) is 2.98. The molecular weight excluding hydrogens is 268 g/mol. The molecule has 1 heterocycles. The van der Waals surface area contributed by atoms with Crippen molar-refractivity contribution in [2.45, 2.75) is 25.7 Å². The number of carbonyl (C=O) groups excluding carboxylic acids is 1. The van der Waals surface area contributed by atoms with E-state index in [0.717, 1.165) is 30.2 Å². The van der Waals surface area contributed by atoms with Crippen LogP contribution in [0.15, 0.2) is 30.5 Å². The molecule has 0 spiro atoms. The number of hydrogen-bond acceptors (Lipinski definition) is 2. The molecule has 1 aromatic heterocycles. The number of fused-ring (bicyclic) bond motifs is 1. The standard InChI is InChI=1S/C16H18N2O3/c19-14(20)9-16(5-1-6-16)10-18-15(21)12-2-3-13-11(8-12)4-7-17-13/h2-4,7-8,17H,1,5-6,9-10H2,(H,18,21)(H,19,20). The number of H-pyrrole nitrogens is 1. The maximum Gasteiger partial charge on any atom is 0.303 e. The van der Waals surface area contributed by atoms with Crippen LogP contribution in [0, 0.1) is 5.41 Å². The first kappa shape index (κ1) is 13.7. The highest BCUT2D eigenvalue weighted by atomic mass is 16.4. The van der Waals surface area contributed by atoms with Gasteiger partial charge in [0.05, 0.1) is 6.42 Å². The number of carboxylic acids is 1. The number of amides is 1.